The normalized spacial score (nSPS) is 17.7. The first-order valence-electron chi connectivity index (χ1n) is 4.70. The highest BCUT2D eigenvalue weighted by Crippen LogP contribution is 2.34. The minimum atomic E-state index is -1.10. The highest BCUT2D eigenvalue weighted by atomic mass is 16.5. The number of carboxylic acids is 1. The quantitative estimate of drug-likeness (QED) is 0.635. The van der Waals surface area contributed by atoms with Crippen LogP contribution in [0.25, 0.3) is 0 Å². The predicted molar refractivity (Wildman–Crippen MR) is 49.4 cm³/mol. The van der Waals surface area contributed by atoms with Gasteiger partial charge < -0.3 is 20.1 Å². The molecule has 1 fully saturated rings. The van der Waals surface area contributed by atoms with E-state index in [2.05, 4.69) is 10.5 Å². The third-order valence-electron chi connectivity index (χ3n) is 2.57. The van der Waals surface area contributed by atoms with Gasteiger partial charge in [0.1, 0.15) is 0 Å². The molecule has 0 unspecified atom stereocenters. The summed E-state index contributed by atoms with van der Waals surface area (Å²) in [7, 11) is 0. The molecule has 3 N–H and O–H groups in total. The van der Waals surface area contributed by atoms with Crippen LogP contribution in [0, 0.1) is 0 Å². The minimum Gasteiger partial charge on any atom is -0.476 e. The summed E-state index contributed by atoms with van der Waals surface area (Å²) in [4.78, 5) is 10.5. The van der Waals surface area contributed by atoms with Crippen LogP contribution in [0.5, 0.6) is 0 Å². The lowest BCUT2D eigenvalue weighted by molar-refractivity contribution is 0.0685. The molecule has 0 radical (unpaired) electrons. The van der Waals surface area contributed by atoms with Gasteiger partial charge in [0, 0.05) is 11.6 Å². The van der Waals surface area contributed by atoms with Gasteiger partial charge >= 0.3 is 5.97 Å². The molecule has 0 spiro atoms. The molecule has 0 aromatic carbocycles. The second-order valence-electron chi connectivity index (χ2n) is 3.78. The Balaban J connectivity index is 1.91. The van der Waals surface area contributed by atoms with Gasteiger partial charge in [-0.25, -0.2) is 4.79 Å². The van der Waals surface area contributed by atoms with Crippen LogP contribution in [0.2, 0.25) is 0 Å². The topological polar surface area (TPSA) is 95.6 Å². The predicted octanol–water partition coefficient (Wildman–Crippen LogP) is -0.0127. The number of carbonyl (C=O) groups is 1. The largest absolute Gasteiger partial charge is 0.476 e. The summed E-state index contributed by atoms with van der Waals surface area (Å²) in [6, 6.07) is 1.38. The fourth-order valence-corrected chi connectivity index (χ4v) is 1.31. The maximum absolute atomic E-state index is 10.5. The van der Waals surface area contributed by atoms with Crippen LogP contribution in [0.4, 0.5) is 0 Å². The highest BCUT2D eigenvalue weighted by Gasteiger charge is 2.41. The molecule has 15 heavy (non-hydrogen) atoms. The zero-order valence-corrected chi connectivity index (χ0v) is 8.06. The van der Waals surface area contributed by atoms with Crippen molar-refractivity contribution in [1.29, 1.82) is 0 Å². The van der Waals surface area contributed by atoms with Crippen LogP contribution >= 0.6 is 0 Å². The summed E-state index contributed by atoms with van der Waals surface area (Å²) in [6.45, 7) is 0.480. The summed E-state index contributed by atoms with van der Waals surface area (Å²) >= 11 is 0. The zero-order chi connectivity index (χ0) is 10.9. The lowest BCUT2D eigenvalue weighted by Gasteiger charge is -2.11. The molecular weight excluding hydrogens is 200 g/mol. The summed E-state index contributed by atoms with van der Waals surface area (Å²) in [5.41, 5.74) is -0.281. The molecule has 1 aromatic rings. The Morgan fingerprint density at radius 1 is 1.67 bits per heavy atom. The molecule has 1 saturated carbocycles. The maximum atomic E-state index is 10.5. The molecule has 0 saturated heterocycles. The number of aromatic carboxylic acids is 1. The first-order valence-corrected chi connectivity index (χ1v) is 4.70. The highest BCUT2D eigenvalue weighted by molar-refractivity contribution is 5.85. The van der Waals surface area contributed by atoms with Crippen molar-refractivity contribution in [3.63, 3.8) is 0 Å². The average molecular weight is 212 g/mol. The van der Waals surface area contributed by atoms with Gasteiger partial charge in [0.05, 0.1) is 13.2 Å². The lowest BCUT2D eigenvalue weighted by Crippen LogP contribution is -2.33. The number of hydrogen-bond donors (Lipinski definition) is 3. The van der Waals surface area contributed by atoms with Crippen LogP contribution in [0.3, 0.4) is 0 Å². The molecule has 0 atom stereocenters. The van der Waals surface area contributed by atoms with Crippen molar-refractivity contribution in [2.45, 2.75) is 24.9 Å². The number of nitrogens with zero attached hydrogens (tertiary/aromatic N) is 1. The van der Waals surface area contributed by atoms with Gasteiger partial charge in [-0.2, -0.15) is 0 Å². The van der Waals surface area contributed by atoms with Crippen molar-refractivity contribution in [3.8, 4) is 0 Å². The summed E-state index contributed by atoms with van der Waals surface area (Å²) in [6.07, 6.45) is 1.87. The monoisotopic (exact) mass is 212 g/mol. The average Bonchev–Trinajstić information content (AvgIpc) is 2.85. The van der Waals surface area contributed by atoms with Gasteiger partial charge in [-0.15, -0.1) is 0 Å². The Bertz CT molecular complexity index is 370. The number of carboxylic acid groups (broad SMARTS) is 1. The molecule has 6 heteroatoms. The second kappa shape index (κ2) is 3.63. The molecule has 1 aliphatic carbocycles. The van der Waals surface area contributed by atoms with Crippen LogP contribution in [-0.4, -0.2) is 33.5 Å². The minimum absolute atomic E-state index is 0.0902. The Morgan fingerprint density at radius 2 is 2.40 bits per heavy atom. The summed E-state index contributed by atoms with van der Waals surface area (Å²) in [5, 5.41) is 24.1. The fraction of sp³-hybridized carbons (Fsp3) is 0.556. The van der Waals surface area contributed by atoms with Gasteiger partial charge in [-0.05, 0) is 12.8 Å². The Morgan fingerprint density at radius 3 is 2.87 bits per heavy atom. The number of nitrogens with one attached hydrogen (secondary N) is 1. The zero-order valence-electron chi connectivity index (χ0n) is 8.06. The molecule has 0 amide bonds. The van der Waals surface area contributed by atoms with E-state index in [9.17, 15) is 4.79 Å². The number of aromatic nitrogens is 1. The number of aliphatic hydroxyl groups excluding tert-OH is 1. The van der Waals surface area contributed by atoms with E-state index < -0.39 is 5.97 Å². The van der Waals surface area contributed by atoms with E-state index >= 15 is 0 Å². The standard InChI is InChI=1S/C9H12N2O4/c12-5-9(1-2-9)10-4-6-3-7(8(13)14)11-15-6/h3,10,12H,1-2,4-5H2,(H,13,14). The van der Waals surface area contributed by atoms with Gasteiger partial charge in [0.15, 0.2) is 11.5 Å². The molecule has 0 aliphatic heterocycles. The number of aliphatic hydroxyl groups is 1. The van der Waals surface area contributed by atoms with E-state index in [4.69, 9.17) is 14.7 Å². The fourth-order valence-electron chi connectivity index (χ4n) is 1.31. The smallest absolute Gasteiger partial charge is 0.358 e. The lowest BCUT2D eigenvalue weighted by atomic mass is 10.3. The van der Waals surface area contributed by atoms with Crippen LogP contribution in [0.15, 0.2) is 10.6 Å². The van der Waals surface area contributed by atoms with Gasteiger partial charge in [-0.3, -0.25) is 0 Å². The third kappa shape index (κ3) is 2.16. The van der Waals surface area contributed by atoms with Crippen LogP contribution in [0.1, 0.15) is 29.1 Å². The Labute approximate surface area is 85.9 Å². The van der Waals surface area contributed by atoms with Gasteiger partial charge in [0.25, 0.3) is 0 Å². The number of rotatable bonds is 5. The maximum Gasteiger partial charge on any atom is 0.358 e. The van der Waals surface area contributed by atoms with Crippen molar-refractivity contribution in [3.05, 3.63) is 17.5 Å². The molecule has 2 rings (SSSR count). The van der Waals surface area contributed by atoms with Crippen LogP contribution < -0.4 is 5.32 Å². The van der Waals surface area contributed by atoms with Gasteiger partial charge in [0.2, 0.25) is 0 Å². The van der Waals surface area contributed by atoms with Crippen molar-refractivity contribution in [1.82, 2.24) is 10.5 Å². The van der Waals surface area contributed by atoms with Crippen molar-refractivity contribution in [2.24, 2.45) is 0 Å². The second-order valence-corrected chi connectivity index (χ2v) is 3.78. The first kappa shape index (κ1) is 10.1. The first-order chi connectivity index (χ1) is 7.15. The Kier molecular flexibility index (Phi) is 2.45. The number of hydrogen-bond acceptors (Lipinski definition) is 5. The van der Waals surface area contributed by atoms with Crippen molar-refractivity contribution in [2.75, 3.05) is 6.61 Å². The molecule has 1 aliphatic rings. The van der Waals surface area contributed by atoms with E-state index in [1.54, 1.807) is 0 Å². The Hall–Kier alpha value is -1.40. The van der Waals surface area contributed by atoms with Gasteiger partial charge in [-0.1, -0.05) is 5.16 Å². The third-order valence-corrected chi connectivity index (χ3v) is 2.57. The van der Waals surface area contributed by atoms with E-state index in [0.717, 1.165) is 12.8 Å². The SMILES string of the molecule is O=C(O)c1cc(CNC2(CO)CC2)on1. The summed E-state index contributed by atoms with van der Waals surface area (Å²) < 4.78 is 4.82. The molecule has 6 nitrogen and oxygen atoms in total. The van der Waals surface area contributed by atoms with E-state index in [0.29, 0.717) is 12.3 Å². The van der Waals surface area contributed by atoms with E-state index in [1.807, 2.05) is 0 Å². The van der Waals surface area contributed by atoms with Crippen molar-refractivity contribution < 1.29 is 19.5 Å². The molecule has 82 valence electrons. The molecule has 0 bridgehead atoms. The van der Waals surface area contributed by atoms with E-state index in [1.165, 1.54) is 6.07 Å². The van der Waals surface area contributed by atoms with Crippen molar-refractivity contribution >= 4 is 5.97 Å². The van der Waals surface area contributed by atoms with Crippen LogP contribution in [-0.2, 0) is 6.54 Å². The molecule has 1 aromatic heterocycles. The summed E-state index contributed by atoms with van der Waals surface area (Å²) in [5.74, 6) is -0.639. The molecular formula is C9H12N2O4. The van der Waals surface area contributed by atoms with E-state index in [-0.39, 0.29) is 17.8 Å². The molecule has 1 heterocycles.